The van der Waals surface area contributed by atoms with E-state index in [9.17, 15) is 47.9 Å². The highest BCUT2D eigenvalue weighted by molar-refractivity contribution is 5.72. The first kappa shape index (κ1) is 110. The SMILES string of the molecule is C=CCOC(=O)CCOC.CCCOC(=O)CCOC.CCOC(=O)CCOC.COCCC(=O)O.COCCC(=O)OC.COCCC(=O)OC(C)(C)C.COCCC(=O)OC(C)C.COCCC(=O)OCC(C)C.COCCC(=O)OCC1CC1.COCCC(=O)OCc1ccccc1. The van der Waals surface area contributed by atoms with Crippen LogP contribution in [0.5, 0.6) is 0 Å². The number of hydrogen-bond acceptors (Lipinski definition) is 29. The van der Waals surface area contributed by atoms with E-state index in [2.05, 4.69) is 39.7 Å². The molecule has 101 heavy (non-hydrogen) atoms. The van der Waals surface area contributed by atoms with Gasteiger partial charge >= 0.3 is 59.7 Å². The molecule has 594 valence electrons. The van der Waals surface area contributed by atoms with Crippen molar-refractivity contribution in [2.75, 3.05) is 177 Å². The van der Waals surface area contributed by atoms with Gasteiger partial charge in [-0.15, -0.1) is 0 Å². The summed E-state index contributed by atoms with van der Waals surface area (Å²) in [5.74, 6) is -1.56. The van der Waals surface area contributed by atoms with Gasteiger partial charge in [0.25, 0.3) is 0 Å². The largest absolute Gasteiger partial charge is 0.481 e. The number of benzene rings is 1. The first-order chi connectivity index (χ1) is 47.9. The molecule has 30 nitrogen and oxygen atoms in total. The number of methoxy groups -OCH3 is 11. The normalized spacial score (nSPS) is 10.4. The Bertz CT molecular complexity index is 2050. The Labute approximate surface area is 602 Å². The van der Waals surface area contributed by atoms with Crippen molar-refractivity contribution in [2.24, 2.45) is 11.8 Å². The molecule has 0 aliphatic heterocycles. The molecule has 0 radical (unpaired) electrons. The van der Waals surface area contributed by atoms with Crippen LogP contribution in [0.15, 0.2) is 43.0 Å². The number of carboxylic acid groups (broad SMARTS) is 1. The molecule has 0 heterocycles. The lowest BCUT2D eigenvalue weighted by molar-refractivity contribution is -0.156. The lowest BCUT2D eigenvalue weighted by Gasteiger charge is -2.19. The average molecular weight is 1460 g/mol. The van der Waals surface area contributed by atoms with Crippen molar-refractivity contribution < 1.29 is 143 Å². The minimum absolute atomic E-state index is 0.0237. The number of esters is 9. The second kappa shape index (κ2) is 87.5. The number of hydrogen-bond donors (Lipinski definition) is 1. The molecule has 0 spiro atoms. The van der Waals surface area contributed by atoms with Gasteiger partial charge in [-0.2, -0.15) is 0 Å². The highest BCUT2D eigenvalue weighted by Gasteiger charge is 2.23. The number of rotatable bonds is 42. The van der Waals surface area contributed by atoms with Crippen LogP contribution in [0.25, 0.3) is 0 Å². The predicted octanol–water partition coefficient (Wildman–Crippen LogP) is 8.92. The van der Waals surface area contributed by atoms with Crippen molar-refractivity contribution in [3.63, 3.8) is 0 Å². The van der Waals surface area contributed by atoms with Crippen LogP contribution >= 0.6 is 0 Å². The maximum atomic E-state index is 11.1. The number of carboxylic acids is 1. The van der Waals surface area contributed by atoms with Crippen LogP contribution in [0, 0.1) is 11.8 Å². The second-order valence-electron chi connectivity index (χ2n) is 21.9. The highest BCUT2D eigenvalue weighted by atomic mass is 16.6. The van der Waals surface area contributed by atoms with Gasteiger partial charge in [-0.3, -0.25) is 47.9 Å². The Morgan fingerprint density at radius 1 is 0.446 bits per heavy atom. The Kier molecular flexibility index (Phi) is 95.4. The molecule has 1 N–H and O–H groups in total. The van der Waals surface area contributed by atoms with Crippen LogP contribution in [0.1, 0.15) is 151 Å². The molecular formula is C71H130O30. The maximum absolute atomic E-state index is 11.1. The van der Waals surface area contributed by atoms with Crippen LogP contribution in [-0.4, -0.2) is 254 Å². The van der Waals surface area contributed by atoms with Crippen molar-refractivity contribution in [2.45, 2.75) is 164 Å². The zero-order valence-corrected chi connectivity index (χ0v) is 64.7. The third-order valence-corrected chi connectivity index (χ3v) is 10.3. The second-order valence-corrected chi connectivity index (χ2v) is 21.9. The Hall–Kier alpha value is -6.74. The van der Waals surface area contributed by atoms with Gasteiger partial charge in [-0.25, -0.2) is 0 Å². The molecule has 0 atom stereocenters. The molecule has 0 bridgehead atoms. The molecule has 2 rings (SSSR count). The van der Waals surface area contributed by atoms with E-state index in [0.29, 0.717) is 169 Å². The lowest BCUT2D eigenvalue weighted by atomic mass is 10.2. The van der Waals surface area contributed by atoms with Crippen molar-refractivity contribution in [3.05, 3.63) is 48.6 Å². The zero-order valence-electron chi connectivity index (χ0n) is 64.7. The summed E-state index contributed by atoms with van der Waals surface area (Å²) in [5.41, 5.74) is 0.614. The lowest BCUT2D eigenvalue weighted by Crippen LogP contribution is -2.24. The fraction of sp³-hybridized carbons (Fsp3) is 0.746. The molecule has 0 unspecified atom stereocenters. The summed E-state index contributed by atoms with van der Waals surface area (Å²) in [6.45, 7) is 27.3. The first-order valence-electron chi connectivity index (χ1n) is 33.1. The summed E-state index contributed by atoms with van der Waals surface area (Å²) < 4.78 is 89.8. The Balaban J connectivity index is -0.000000159. The van der Waals surface area contributed by atoms with E-state index < -0.39 is 5.97 Å². The summed E-state index contributed by atoms with van der Waals surface area (Å²) in [6, 6.07) is 9.60. The fourth-order valence-corrected chi connectivity index (χ4v) is 5.13. The Morgan fingerprint density at radius 2 is 0.792 bits per heavy atom. The molecule has 1 saturated carbocycles. The molecular weight excluding hydrogens is 1330 g/mol. The molecule has 0 amide bonds. The third kappa shape index (κ3) is 118. The highest BCUT2D eigenvalue weighted by Crippen LogP contribution is 2.28. The quantitative estimate of drug-likeness (QED) is 0.0362. The van der Waals surface area contributed by atoms with E-state index in [4.69, 9.17) is 61.9 Å². The van der Waals surface area contributed by atoms with Crippen molar-refractivity contribution in [1.82, 2.24) is 0 Å². The summed E-state index contributed by atoms with van der Waals surface area (Å²) >= 11 is 0. The summed E-state index contributed by atoms with van der Waals surface area (Å²) in [7, 11) is 16.9. The summed E-state index contributed by atoms with van der Waals surface area (Å²) in [4.78, 5) is 106. The van der Waals surface area contributed by atoms with Crippen molar-refractivity contribution in [3.8, 4) is 0 Å². The molecule has 0 saturated heterocycles. The van der Waals surface area contributed by atoms with Crippen molar-refractivity contribution >= 4 is 59.7 Å². The third-order valence-electron chi connectivity index (χ3n) is 10.3. The van der Waals surface area contributed by atoms with Crippen LogP contribution < -0.4 is 0 Å². The topological polar surface area (TPSA) is 366 Å². The smallest absolute Gasteiger partial charge is 0.308 e. The van der Waals surface area contributed by atoms with E-state index >= 15 is 0 Å². The molecule has 1 fully saturated rings. The van der Waals surface area contributed by atoms with Gasteiger partial charge < -0.3 is 95.1 Å². The van der Waals surface area contributed by atoms with Gasteiger partial charge in [0.2, 0.25) is 0 Å². The molecule has 1 aliphatic carbocycles. The van der Waals surface area contributed by atoms with Crippen LogP contribution in [0.2, 0.25) is 0 Å². The van der Waals surface area contributed by atoms with Gasteiger partial charge in [0.1, 0.15) is 18.8 Å². The molecule has 1 aliphatic rings. The van der Waals surface area contributed by atoms with E-state index in [-0.39, 0.29) is 78.5 Å². The van der Waals surface area contributed by atoms with Gasteiger partial charge in [-0.1, -0.05) is 63.8 Å². The number of carbonyl (C=O) groups excluding carboxylic acids is 9. The van der Waals surface area contributed by atoms with E-state index in [0.717, 1.165) is 12.0 Å². The van der Waals surface area contributed by atoms with Gasteiger partial charge in [0.15, 0.2) is 0 Å². The monoisotopic (exact) mass is 1460 g/mol. The Morgan fingerprint density at radius 3 is 1.12 bits per heavy atom. The van der Waals surface area contributed by atoms with Gasteiger partial charge in [0, 0.05) is 71.1 Å². The zero-order chi connectivity index (χ0) is 78.8. The minimum atomic E-state index is -0.818. The first-order valence-corrected chi connectivity index (χ1v) is 33.1. The van der Waals surface area contributed by atoms with E-state index in [1.165, 1.54) is 33.1 Å². The number of carbonyl (C=O) groups is 10. The molecule has 1 aromatic carbocycles. The van der Waals surface area contributed by atoms with Crippen LogP contribution in [0.4, 0.5) is 0 Å². The maximum Gasteiger partial charge on any atom is 0.308 e. The summed E-state index contributed by atoms with van der Waals surface area (Å²) in [5, 5.41) is 7.96. The van der Waals surface area contributed by atoms with Gasteiger partial charge in [0.05, 0.1) is 170 Å². The van der Waals surface area contributed by atoms with E-state index in [1.54, 1.807) is 70.9 Å². The van der Waals surface area contributed by atoms with Gasteiger partial charge in [-0.05, 0) is 78.2 Å². The average Bonchev–Trinajstić information content (AvgIpc) is 1.87. The van der Waals surface area contributed by atoms with Crippen LogP contribution in [0.3, 0.4) is 0 Å². The number of ether oxygens (including phenoxy) is 19. The standard InChI is InChI=1S/C11H14O3.C8H14O3.2C8H16O3.2C7H14O3.C7H12O3.C6H12O3.C5H10O3.C4H8O3/c1-13-8-7-11(12)14-9-10-5-3-2-4-6-10;1-10-5-4-8(9)11-6-7-2-3-7;1-8(2,3)11-7(9)5-6-10-4;1-7(2)6-11-8(9)4-5-10-3;1-6(2)10-7(8)4-5-9-3;2*1-3-5-10-7(8)4-6-9-2;1-3-9-6(7)4-5-8-2;1-7-4-3-5(6)8-2;1-7-3-2-4(5)6/h2-6H,7-9H2,1H3;7H,2-6H2,1H3;5-6H2,1-4H3;7H,4-6H2,1-3H3;6H,4-5H2,1-3H3;3-6H2,1-2H3;3H,1,4-6H2,2H3;3-5H2,1-2H3;3-4H2,1-2H3;2-3H2,1H3,(H,5,6). The molecule has 1 aromatic rings. The number of aliphatic carboxylic acids is 1. The predicted molar refractivity (Wildman–Crippen MR) is 376 cm³/mol. The fourth-order valence-electron chi connectivity index (χ4n) is 5.13. The minimum Gasteiger partial charge on any atom is -0.481 e. The molecule has 30 heteroatoms. The van der Waals surface area contributed by atoms with E-state index in [1.807, 2.05) is 85.7 Å². The molecule has 0 aromatic heterocycles. The van der Waals surface area contributed by atoms with Crippen molar-refractivity contribution in [1.29, 1.82) is 0 Å². The summed E-state index contributed by atoms with van der Waals surface area (Å²) in [6.07, 6.45) is 7.98. The van der Waals surface area contributed by atoms with Crippen LogP contribution in [-0.2, 0) is 145 Å².